The molecule has 0 unspecified atom stereocenters. The number of rotatable bonds is 8. The third-order valence-electron chi connectivity index (χ3n) is 6.02. The Bertz CT molecular complexity index is 909. The zero-order chi connectivity index (χ0) is 23.1. The molecule has 2 amide bonds. The van der Waals surface area contributed by atoms with Crippen LogP contribution < -0.4 is 10.1 Å². The average Bonchev–Trinajstić information content (AvgIpc) is 2.80. The second-order valence-corrected chi connectivity index (χ2v) is 8.67. The van der Waals surface area contributed by atoms with Crippen molar-refractivity contribution >= 4 is 23.4 Å². The summed E-state index contributed by atoms with van der Waals surface area (Å²) >= 11 is 6.14. The lowest BCUT2D eigenvalue weighted by molar-refractivity contribution is -0.140. The van der Waals surface area contributed by atoms with Crippen LogP contribution in [0.2, 0.25) is 5.02 Å². The first-order valence-electron chi connectivity index (χ1n) is 11.0. The van der Waals surface area contributed by atoms with Crippen molar-refractivity contribution in [3.63, 3.8) is 0 Å². The van der Waals surface area contributed by atoms with Gasteiger partial charge in [-0.15, -0.1) is 0 Å². The highest BCUT2D eigenvalue weighted by Crippen LogP contribution is 2.23. The van der Waals surface area contributed by atoms with Crippen LogP contribution >= 0.6 is 11.6 Å². The van der Waals surface area contributed by atoms with Crippen LogP contribution in [0.4, 0.5) is 4.39 Å². The highest BCUT2D eigenvalue weighted by atomic mass is 35.5. The Morgan fingerprint density at radius 1 is 1.16 bits per heavy atom. The lowest BCUT2D eigenvalue weighted by Crippen LogP contribution is -2.50. The maximum atomic E-state index is 14.3. The molecule has 1 saturated carbocycles. The lowest BCUT2D eigenvalue weighted by Gasteiger charge is -2.31. The minimum absolute atomic E-state index is 0.137. The quantitative estimate of drug-likeness (QED) is 0.609. The van der Waals surface area contributed by atoms with Crippen LogP contribution in [0.25, 0.3) is 0 Å². The van der Waals surface area contributed by atoms with E-state index in [1.165, 1.54) is 23.5 Å². The number of benzene rings is 2. The molecule has 172 valence electrons. The molecular formula is C25H30ClFN2O3. The maximum Gasteiger partial charge on any atom is 0.242 e. The smallest absolute Gasteiger partial charge is 0.242 e. The van der Waals surface area contributed by atoms with Crippen molar-refractivity contribution in [2.75, 3.05) is 7.11 Å². The van der Waals surface area contributed by atoms with Crippen LogP contribution in [0.3, 0.4) is 0 Å². The summed E-state index contributed by atoms with van der Waals surface area (Å²) in [5.74, 6) is -0.389. The van der Waals surface area contributed by atoms with Gasteiger partial charge in [-0.05, 0) is 49.6 Å². The Labute approximate surface area is 193 Å². The first-order valence-corrected chi connectivity index (χ1v) is 11.4. The summed E-state index contributed by atoms with van der Waals surface area (Å²) in [6, 6.07) is 11.1. The van der Waals surface area contributed by atoms with Crippen molar-refractivity contribution in [3.05, 3.63) is 64.4 Å². The number of nitrogens with zero attached hydrogens (tertiary/aromatic N) is 1. The number of carbonyl (C=O) groups is 2. The van der Waals surface area contributed by atoms with Gasteiger partial charge in [0.1, 0.15) is 17.6 Å². The van der Waals surface area contributed by atoms with E-state index < -0.39 is 11.9 Å². The molecule has 0 bridgehead atoms. The van der Waals surface area contributed by atoms with Crippen molar-refractivity contribution in [1.29, 1.82) is 0 Å². The largest absolute Gasteiger partial charge is 0.497 e. The summed E-state index contributed by atoms with van der Waals surface area (Å²) in [5.41, 5.74) is 0.981. The Hall–Kier alpha value is -2.60. The SMILES string of the molecule is COc1ccc(CN(C(=O)Cc2c(F)cccc2Cl)[C@@H](C)C(=O)NC2CCCCC2)cc1. The number of nitrogens with one attached hydrogen (secondary N) is 1. The van der Waals surface area contributed by atoms with Gasteiger partial charge in [-0.25, -0.2) is 4.39 Å². The van der Waals surface area contributed by atoms with E-state index in [0.29, 0.717) is 5.75 Å². The minimum Gasteiger partial charge on any atom is -0.497 e. The maximum absolute atomic E-state index is 14.3. The van der Waals surface area contributed by atoms with Gasteiger partial charge in [-0.1, -0.05) is 49.1 Å². The van der Waals surface area contributed by atoms with Gasteiger partial charge >= 0.3 is 0 Å². The molecule has 1 fully saturated rings. The van der Waals surface area contributed by atoms with Crippen LogP contribution in [-0.4, -0.2) is 35.9 Å². The molecule has 32 heavy (non-hydrogen) atoms. The molecule has 1 aliphatic rings. The standard InChI is InChI=1S/C25H30ClFN2O3/c1-17(25(31)28-19-7-4-3-5-8-19)29(16-18-11-13-20(32-2)14-12-18)24(30)15-21-22(26)9-6-10-23(21)27/h6,9-14,17,19H,3-5,7-8,15-16H2,1-2H3,(H,28,31)/t17-/m0/s1. The molecule has 2 aromatic rings. The molecule has 7 heteroatoms. The first-order chi connectivity index (χ1) is 15.4. The van der Waals surface area contributed by atoms with E-state index in [0.717, 1.165) is 31.2 Å². The monoisotopic (exact) mass is 460 g/mol. The predicted octanol–water partition coefficient (Wildman–Crippen LogP) is 4.90. The van der Waals surface area contributed by atoms with E-state index in [1.54, 1.807) is 32.2 Å². The average molecular weight is 461 g/mol. The zero-order valence-electron chi connectivity index (χ0n) is 18.6. The molecule has 3 rings (SSSR count). The number of carbonyl (C=O) groups excluding carboxylic acids is 2. The molecule has 2 aromatic carbocycles. The molecule has 0 heterocycles. The van der Waals surface area contributed by atoms with Crippen LogP contribution in [-0.2, 0) is 22.6 Å². The fourth-order valence-electron chi connectivity index (χ4n) is 4.03. The van der Waals surface area contributed by atoms with Crippen molar-refractivity contribution in [3.8, 4) is 5.75 Å². The molecule has 0 aliphatic heterocycles. The van der Waals surface area contributed by atoms with E-state index in [-0.39, 0.29) is 41.4 Å². The summed E-state index contributed by atoms with van der Waals surface area (Å²) in [7, 11) is 1.58. The highest BCUT2D eigenvalue weighted by molar-refractivity contribution is 6.31. The first kappa shape index (κ1) is 24.1. The Morgan fingerprint density at radius 3 is 2.47 bits per heavy atom. The number of halogens is 2. The van der Waals surface area contributed by atoms with Crippen molar-refractivity contribution in [2.45, 2.75) is 64.1 Å². The summed E-state index contributed by atoms with van der Waals surface area (Å²) in [5, 5.41) is 3.29. The summed E-state index contributed by atoms with van der Waals surface area (Å²) in [6.07, 6.45) is 5.07. The third kappa shape index (κ3) is 6.22. The second kappa shape index (κ2) is 11.3. The molecule has 1 atom stereocenters. The van der Waals surface area contributed by atoms with Gasteiger partial charge in [0.15, 0.2) is 0 Å². The Kier molecular flexibility index (Phi) is 8.51. The predicted molar refractivity (Wildman–Crippen MR) is 123 cm³/mol. The molecule has 0 radical (unpaired) electrons. The van der Waals surface area contributed by atoms with Crippen molar-refractivity contribution < 1.29 is 18.7 Å². The lowest BCUT2D eigenvalue weighted by atomic mass is 9.95. The van der Waals surface area contributed by atoms with Gasteiger partial charge in [-0.2, -0.15) is 0 Å². The molecule has 5 nitrogen and oxygen atoms in total. The van der Waals surface area contributed by atoms with Gasteiger partial charge in [0.2, 0.25) is 11.8 Å². The number of amides is 2. The summed E-state index contributed by atoms with van der Waals surface area (Å²) in [6.45, 7) is 1.93. The van der Waals surface area contributed by atoms with E-state index in [9.17, 15) is 14.0 Å². The minimum atomic E-state index is -0.711. The van der Waals surface area contributed by atoms with Gasteiger partial charge < -0.3 is 15.0 Å². The second-order valence-electron chi connectivity index (χ2n) is 8.27. The molecule has 1 N–H and O–H groups in total. The third-order valence-corrected chi connectivity index (χ3v) is 6.37. The topological polar surface area (TPSA) is 58.6 Å². The number of methoxy groups -OCH3 is 1. The van der Waals surface area contributed by atoms with Crippen LogP contribution in [0.5, 0.6) is 5.75 Å². The highest BCUT2D eigenvalue weighted by Gasteiger charge is 2.29. The van der Waals surface area contributed by atoms with E-state index in [1.807, 2.05) is 12.1 Å². The van der Waals surface area contributed by atoms with Crippen LogP contribution in [0.15, 0.2) is 42.5 Å². The summed E-state index contributed by atoms with van der Waals surface area (Å²) < 4.78 is 19.5. The van der Waals surface area contributed by atoms with Gasteiger partial charge in [0.05, 0.1) is 13.5 Å². The normalized spacial score (nSPS) is 15.1. The van der Waals surface area contributed by atoms with E-state index in [2.05, 4.69) is 5.32 Å². The fraction of sp³-hybridized carbons (Fsp3) is 0.440. The van der Waals surface area contributed by atoms with Crippen molar-refractivity contribution in [2.24, 2.45) is 0 Å². The zero-order valence-corrected chi connectivity index (χ0v) is 19.3. The van der Waals surface area contributed by atoms with Gasteiger partial charge in [0.25, 0.3) is 0 Å². The van der Waals surface area contributed by atoms with E-state index >= 15 is 0 Å². The molecule has 1 aliphatic carbocycles. The van der Waals surface area contributed by atoms with Crippen LogP contribution in [0.1, 0.15) is 50.2 Å². The summed E-state index contributed by atoms with van der Waals surface area (Å²) in [4.78, 5) is 27.8. The number of hydrogen-bond donors (Lipinski definition) is 1. The van der Waals surface area contributed by atoms with Gasteiger partial charge in [-0.3, -0.25) is 9.59 Å². The molecule has 0 saturated heterocycles. The van der Waals surface area contributed by atoms with Crippen LogP contribution in [0, 0.1) is 5.82 Å². The fourth-order valence-corrected chi connectivity index (χ4v) is 4.26. The Balaban J connectivity index is 1.80. The van der Waals surface area contributed by atoms with E-state index in [4.69, 9.17) is 16.3 Å². The number of hydrogen-bond acceptors (Lipinski definition) is 3. The molecular weight excluding hydrogens is 431 g/mol. The Morgan fingerprint density at radius 2 is 1.84 bits per heavy atom. The van der Waals surface area contributed by atoms with Gasteiger partial charge in [0, 0.05) is 23.2 Å². The molecule has 0 spiro atoms. The molecule has 0 aromatic heterocycles. The van der Waals surface area contributed by atoms with Crippen molar-refractivity contribution in [1.82, 2.24) is 10.2 Å². The number of ether oxygens (including phenoxy) is 1.